The highest BCUT2D eigenvalue weighted by Crippen LogP contribution is 2.18. The van der Waals surface area contributed by atoms with Crippen molar-refractivity contribution in [1.82, 2.24) is 0 Å². The first-order valence-corrected chi connectivity index (χ1v) is 4.78. The predicted molar refractivity (Wildman–Crippen MR) is 60.4 cm³/mol. The SMILES string of the molecule is CC(=O)/C=C/c1ccc(C)c(C)c1C. The molecule has 0 heterocycles. The average molecular weight is 188 g/mol. The fourth-order valence-electron chi connectivity index (χ4n) is 1.36. The predicted octanol–water partition coefficient (Wildman–Crippen LogP) is 3.21. The number of allylic oxidation sites excluding steroid dienone is 1. The van der Waals surface area contributed by atoms with Crippen molar-refractivity contribution in [2.75, 3.05) is 0 Å². The number of rotatable bonds is 2. The van der Waals surface area contributed by atoms with Crippen molar-refractivity contribution in [3.8, 4) is 0 Å². The van der Waals surface area contributed by atoms with Crippen LogP contribution in [0.2, 0.25) is 0 Å². The molecule has 1 aromatic carbocycles. The molecule has 0 atom stereocenters. The smallest absolute Gasteiger partial charge is 0.152 e. The minimum absolute atomic E-state index is 0.0858. The molecule has 1 nitrogen and oxygen atoms in total. The molecule has 0 aliphatic heterocycles. The summed E-state index contributed by atoms with van der Waals surface area (Å²) in [7, 11) is 0. The Labute approximate surface area is 85.5 Å². The third-order valence-electron chi connectivity index (χ3n) is 2.60. The number of ketones is 1. The van der Waals surface area contributed by atoms with Crippen molar-refractivity contribution in [1.29, 1.82) is 0 Å². The third kappa shape index (κ3) is 2.32. The van der Waals surface area contributed by atoms with E-state index in [1.165, 1.54) is 16.7 Å². The van der Waals surface area contributed by atoms with Gasteiger partial charge in [0.05, 0.1) is 0 Å². The molecule has 0 saturated carbocycles. The second-order valence-electron chi connectivity index (χ2n) is 3.67. The lowest BCUT2D eigenvalue weighted by atomic mass is 9.98. The quantitative estimate of drug-likeness (QED) is 0.651. The zero-order valence-electron chi connectivity index (χ0n) is 9.22. The molecule has 0 unspecified atom stereocenters. The summed E-state index contributed by atoms with van der Waals surface area (Å²) in [6.07, 6.45) is 3.49. The Balaban J connectivity index is 3.12. The fourth-order valence-corrected chi connectivity index (χ4v) is 1.36. The van der Waals surface area contributed by atoms with Crippen LogP contribution in [0.5, 0.6) is 0 Å². The van der Waals surface area contributed by atoms with Gasteiger partial charge in [-0.25, -0.2) is 0 Å². The Morgan fingerprint density at radius 3 is 2.36 bits per heavy atom. The van der Waals surface area contributed by atoms with Crippen molar-refractivity contribution in [2.24, 2.45) is 0 Å². The minimum atomic E-state index is 0.0858. The number of benzene rings is 1. The molecule has 0 fully saturated rings. The number of carbonyl (C=O) groups is 1. The topological polar surface area (TPSA) is 17.1 Å². The van der Waals surface area contributed by atoms with E-state index in [1.807, 2.05) is 6.08 Å². The lowest BCUT2D eigenvalue weighted by Gasteiger charge is -2.07. The summed E-state index contributed by atoms with van der Waals surface area (Å²) in [6, 6.07) is 4.14. The van der Waals surface area contributed by atoms with Gasteiger partial charge in [-0.2, -0.15) is 0 Å². The maximum Gasteiger partial charge on any atom is 0.152 e. The molecule has 0 bridgehead atoms. The molecule has 0 aliphatic carbocycles. The van der Waals surface area contributed by atoms with Crippen LogP contribution in [0.25, 0.3) is 6.08 Å². The molecule has 0 spiro atoms. The summed E-state index contributed by atoms with van der Waals surface area (Å²) in [5, 5.41) is 0. The molecular formula is C13H16O. The normalized spacial score (nSPS) is 10.9. The monoisotopic (exact) mass is 188 g/mol. The van der Waals surface area contributed by atoms with Gasteiger partial charge in [-0.15, -0.1) is 0 Å². The van der Waals surface area contributed by atoms with Gasteiger partial charge < -0.3 is 0 Å². The summed E-state index contributed by atoms with van der Waals surface area (Å²) in [5.41, 5.74) is 4.98. The van der Waals surface area contributed by atoms with Crippen LogP contribution >= 0.6 is 0 Å². The minimum Gasteiger partial charge on any atom is -0.295 e. The van der Waals surface area contributed by atoms with E-state index in [0.29, 0.717) is 0 Å². The van der Waals surface area contributed by atoms with Gasteiger partial charge in [-0.1, -0.05) is 18.2 Å². The Kier molecular flexibility index (Phi) is 3.23. The van der Waals surface area contributed by atoms with Gasteiger partial charge in [0.2, 0.25) is 0 Å². The van der Waals surface area contributed by atoms with Crippen molar-refractivity contribution in [2.45, 2.75) is 27.7 Å². The van der Waals surface area contributed by atoms with E-state index in [-0.39, 0.29) is 5.78 Å². The molecular weight excluding hydrogens is 172 g/mol. The van der Waals surface area contributed by atoms with Gasteiger partial charge in [-0.05, 0) is 56.0 Å². The van der Waals surface area contributed by atoms with Gasteiger partial charge in [0.25, 0.3) is 0 Å². The lowest BCUT2D eigenvalue weighted by Crippen LogP contribution is -1.90. The Bertz CT molecular complexity index is 386. The van der Waals surface area contributed by atoms with E-state index in [1.54, 1.807) is 13.0 Å². The number of hydrogen-bond acceptors (Lipinski definition) is 1. The highest BCUT2D eigenvalue weighted by molar-refractivity contribution is 5.91. The zero-order valence-corrected chi connectivity index (χ0v) is 9.22. The standard InChI is InChI=1S/C13H16O/c1-9-5-7-13(8-6-10(2)14)12(4)11(9)3/h5-8H,1-4H3/b8-6+. The van der Waals surface area contributed by atoms with E-state index < -0.39 is 0 Å². The molecule has 0 N–H and O–H groups in total. The highest BCUT2D eigenvalue weighted by Gasteiger charge is 2.00. The van der Waals surface area contributed by atoms with Gasteiger partial charge >= 0.3 is 0 Å². The van der Waals surface area contributed by atoms with Gasteiger partial charge in [0.15, 0.2) is 5.78 Å². The number of hydrogen-bond donors (Lipinski definition) is 0. The maximum atomic E-state index is 10.8. The number of aryl methyl sites for hydroxylation is 1. The third-order valence-corrected chi connectivity index (χ3v) is 2.60. The van der Waals surface area contributed by atoms with Crippen LogP contribution < -0.4 is 0 Å². The van der Waals surface area contributed by atoms with Crippen LogP contribution in [0.15, 0.2) is 18.2 Å². The second-order valence-corrected chi connectivity index (χ2v) is 3.67. The van der Waals surface area contributed by atoms with E-state index >= 15 is 0 Å². The largest absolute Gasteiger partial charge is 0.295 e. The fraction of sp³-hybridized carbons (Fsp3) is 0.308. The van der Waals surface area contributed by atoms with Crippen molar-refractivity contribution in [3.63, 3.8) is 0 Å². The second kappa shape index (κ2) is 4.23. The van der Waals surface area contributed by atoms with Crippen LogP contribution in [0.1, 0.15) is 29.2 Å². The van der Waals surface area contributed by atoms with Gasteiger partial charge in [-0.3, -0.25) is 4.79 Å². The van der Waals surface area contributed by atoms with Crippen LogP contribution in [0.3, 0.4) is 0 Å². The zero-order chi connectivity index (χ0) is 10.7. The maximum absolute atomic E-state index is 10.8. The molecule has 74 valence electrons. The first kappa shape index (κ1) is 10.7. The molecule has 1 heteroatoms. The first-order chi connectivity index (χ1) is 6.52. The summed E-state index contributed by atoms with van der Waals surface area (Å²) in [5.74, 6) is 0.0858. The lowest BCUT2D eigenvalue weighted by molar-refractivity contribution is -0.112. The summed E-state index contributed by atoms with van der Waals surface area (Å²) in [6.45, 7) is 7.85. The molecule has 0 saturated heterocycles. The average Bonchev–Trinajstić information content (AvgIpc) is 2.13. The summed E-state index contributed by atoms with van der Waals surface area (Å²) < 4.78 is 0. The van der Waals surface area contributed by atoms with Crippen molar-refractivity contribution < 1.29 is 4.79 Å². The molecule has 0 radical (unpaired) electrons. The van der Waals surface area contributed by atoms with E-state index in [0.717, 1.165) is 5.56 Å². The highest BCUT2D eigenvalue weighted by atomic mass is 16.1. The summed E-state index contributed by atoms with van der Waals surface area (Å²) in [4.78, 5) is 10.8. The van der Waals surface area contributed by atoms with E-state index in [2.05, 4.69) is 32.9 Å². The van der Waals surface area contributed by atoms with Gasteiger partial charge in [0, 0.05) is 0 Å². The molecule has 1 aromatic rings. The van der Waals surface area contributed by atoms with Crippen LogP contribution in [-0.2, 0) is 4.79 Å². The van der Waals surface area contributed by atoms with Crippen LogP contribution in [0, 0.1) is 20.8 Å². The van der Waals surface area contributed by atoms with Gasteiger partial charge in [0.1, 0.15) is 0 Å². The Hall–Kier alpha value is -1.37. The Morgan fingerprint density at radius 2 is 1.79 bits per heavy atom. The van der Waals surface area contributed by atoms with E-state index in [9.17, 15) is 4.79 Å². The number of carbonyl (C=O) groups excluding carboxylic acids is 1. The summed E-state index contributed by atoms with van der Waals surface area (Å²) >= 11 is 0. The van der Waals surface area contributed by atoms with Crippen LogP contribution in [0.4, 0.5) is 0 Å². The molecule has 0 aromatic heterocycles. The molecule has 0 aliphatic rings. The molecule has 14 heavy (non-hydrogen) atoms. The Morgan fingerprint density at radius 1 is 1.14 bits per heavy atom. The van der Waals surface area contributed by atoms with Crippen molar-refractivity contribution >= 4 is 11.9 Å². The van der Waals surface area contributed by atoms with Crippen molar-refractivity contribution in [3.05, 3.63) is 40.5 Å². The first-order valence-electron chi connectivity index (χ1n) is 4.78. The molecule has 1 rings (SSSR count). The molecule has 0 amide bonds. The van der Waals surface area contributed by atoms with E-state index in [4.69, 9.17) is 0 Å². The van der Waals surface area contributed by atoms with Crippen LogP contribution in [-0.4, -0.2) is 5.78 Å².